The Bertz CT molecular complexity index is 998. The lowest BCUT2D eigenvalue weighted by molar-refractivity contribution is -0.119. The summed E-state index contributed by atoms with van der Waals surface area (Å²) in [5.41, 5.74) is 0.456. The summed E-state index contributed by atoms with van der Waals surface area (Å²) in [7, 11) is -2.82. The summed E-state index contributed by atoms with van der Waals surface area (Å²) in [5.74, 6) is -0.332. The Labute approximate surface area is 154 Å². The van der Waals surface area contributed by atoms with Crippen molar-refractivity contribution in [1.29, 1.82) is 0 Å². The number of hydrogen-bond acceptors (Lipinski definition) is 5. The number of carbonyl (C=O) groups is 2. The second-order valence-corrected chi connectivity index (χ2v) is 7.51. The monoisotopic (exact) mass is 392 g/mol. The van der Waals surface area contributed by atoms with Crippen molar-refractivity contribution >= 4 is 39.6 Å². The molecule has 3 rings (SSSR count). The fourth-order valence-corrected chi connectivity index (χ4v) is 3.71. The molecule has 2 aromatic carbocycles. The first-order chi connectivity index (χ1) is 12.3. The SMILES string of the molecule is COc1ccc(/C=C2\NC(=O)N(S(=O)(=O)c3ccc(Cl)cc3)C2=O)cc1. The highest BCUT2D eigenvalue weighted by Gasteiger charge is 2.43. The van der Waals surface area contributed by atoms with Crippen LogP contribution in [0, 0.1) is 0 Å². The van der Waals surface area contributed by atoms with Crippen molar-refractivity contribution in [2.24, 2.45) is 0 Å². The zero-order valence-corrected chi connectivity index (χ0v) is 15.0. The molecule has 3 amide bonds. The molecule has 0 bridgehead atoms. The minimum absolute atomic E-state index is 0.141. The lowest BCUT2D eigenvalue weighted by Crippen LogP contribution is -2.36. The van der Waals surface area contributed by atoms with E-state index in [0.29, 0.717) is 16.3 Å². The first-order valence-corrected chi connectivity index (χ1v) is 9.16. The van der Waals surface area contributed by atoms with Crippen LogP contribution in [0.3, 0.4) is 0 Å². The largest absolute Gasteiger partial charge is 0.497 e. The van der Waals surface area contributed by atoms with Gasteiger partial charge in [0, 0.05) is 5.02 Å². The highest BCUT2D eigenvalue weighted by molar-refractivity contribution is 7.90. The third kappa shape index (κ3) is 3.29. The molecule has 1 heterocycles. The van der Waals surface area contributed by atoms with E-state index in [-0.39, 0.29) is 14.9 Å². The summed E-state index contributed by atoms with van der Waals surface area (Å²) in [6.07, 6.45) is 1.39. The van der Waals surface area contributed by atoms with E-state index in [9.17, 15) is 18.0 Å². The summed E-state index contributed by atoms with van der Waals surface area (Å²) in [4.78, 5) is 24.4. The molecule has 0 unspecified atom stereocenters. The van der Waals surface area contributed by atoms with Crippen molar-refractivity contribution < 1.29 is 22.7 Å². The number of nitrogens with zero attached hydrogens (tertiary/aromatic N) is 1. The number of ether oxygens (including phenoxy) is 1. The zero-order valence-electron chi connectivity index (χ0n) is 13.5. The Morgan fingerprint density at radius 3 is 2.23 bits per heavy atom. The average molecular weight is 393 g/mol. The van der Waals surface area contributed by atoms with Crippen LogP contribution in [0.4, 0.5) is 4.79 Å². The van der Waals surface area contributed by atoms with Crippen molar-refractivity contribution in [1.82, 2.24) is 9.62 Å². The average Bonchev–Trinajstić information content (AvgIpc) is 2.90. The smallest absolute Gasteiger partial charge is 0.343 e. The molecule has 2 aromatic rings. The molecule has 26 heavy (non-hydrogen) atoms. The molecule has 0 aliphatic carbocycles. The molecule has 0 radical (unpaired) electrons. The van der Waals surface area contributed by atoms with Gasteiger partial charge in [0.1, 0.15) is 11.4 Å². The number of benzene rings is 2. The Kier molecular flexibility index (Phi) is 4.71. The molecule has 1 aliphatic heterocycles. The zero-order chi connectivity index (χ0) is 18.9. The first kappa shape index (κ1) is 18.0. The summed E-state index contributed by atoms with van der Waals surface area (Å²) in [6.45, 7) is 0. The standard InChI is InChI=1S/C17H13ClN2O5S/c1-25-13-6-2-11(3-7-13)10-15-16(21)20(17(22)19-15)26(23,24)14-8-4-12(18)5-9-14/h2-10H,1H3,(H,19,22)/b15-10-. The maximum Gasteiger partial charge on any atom is 0.343 e. The third-order valence-corrected chi connectivity index (χ3v) is 5.55. The van der Waals surface area contributed by atoms with Gasteiger partial charge in [0.05, 0.1) is 12.0 Å². The maximum absolute atomic E-state index is 12.6. The molecule has 1 aliphatic rings. The fourth-order valence-electron chi connectivity index (χ4n) is 2.32. The van der Waals surface area contributed by atoms with E-state index < -0.39 is 22.0 Å². The summed E-state index contributed by atoms with van der Waals surface area (Å²) in [6, 6.07) is 10.8. The van der Waals surface area contributed by atoms with E-state index in [1.165, 1.54) is 37.5 Å². The van der Waals surface area contributed by atoms with Gasteiger partial charge in [0.25, 0.3) is 15.9 Å². The predicted octanol–water partition coefficient (Wildman–Crippen LogP) is 2.63. The molecule has 1 saturated heterocycles. The molecule has 7 nitrogen and oxygen atoms in total. The summed E-state index contributed by atoms with van der Waals surface area (Å²) in [5, 5.41) is 2.61. The van der Waals surface area contributed by atoms with Crippen LogP contribution >= 0.6 is 11.6 Å². The minimum Gasteiger partial charge on any atom is -0.497 e. The van der Waals surface area contributed by atoms with Gasteiger partial charge in [0.2, 0.25) is 0 Å². The number of rotatable bonds is 4. The van der Waals surface area contributed by atoms with E-state index in [2.05, 4.69) is 5.32 Å². The Morgan fingerprint density at radius 2 is 1.65 bits per heavy atom. The van der Waals surface area contributed by atoms with Crippen LogP contribution in [0.5, 0.6) is 5.75 Å². The number of halogens is 1. The Morgan fingerprint density at radius 1 is 1.04 bits per heavy atom. The van der Waals surface area contributed by atoms with E-state index in [1.54, 1.807) is 24.3 Å². The van der Waals surface area contributed by atoms with Crippen LogP contribution in [-0.2, 0) is 14.8 Å². The number of urea groups is 1. The number of nitrogens with one attached hydrogen (secondary N) is 1. The fraction of sp³-hybridized carbons (Fsp3) is 0.0588. The van der Waals surface area contributed by atoms with Gasteiger partial charge in [-0.25, -0.2) is 13.2 Å². The normalized spacial score (nSPS) is 16.1. The maximum atomic E-state index is 12.6. The second kappa shape index (κ2) is 6.81. The van der Waals surface area contributed by atoms with Gasteiger partial charge in [0.15, 0.2) is 0 Å². The van der Waals surface area contributed by atoms with Crippen LogP contribution in [0.25, 0.3) is 6.08 Å². The number of carbonyl (C=O) groups excluding carboxylic acids is 2. The van der Waals surface area contributed by atoms with Crippen LogP contribution in [0.2, 0.25) is 5.02 Å². The molecular formula is C17H13ClN2O5S. The van der Waals surface area contributed by atoms with E-state index in [4.69, 9.17) is 16.3 Å². The van der Waals surface area contributed by atoms with E-state index in [0.717, 1.165) is 0 Å². The topological polar surface area (TPSA) is 92.8 Å². The lowest BCUT2D eigenvalue weighted by atomic mass is 10.2. The van der Waals surface area contributed by atoms with Crippen molar-refractivity contribution in [3.8, 4) is 5.75 Å². The van der Waals surface area contributed by atoms with Gasteiger partial charge in [-0.05, 0) is 48.0 Å². The van der Waals surface area contributed by atoms with Gasteiger partial charge in [-0.15, -0.1) is 4.31 Å². The van der Waals surface area contributed by atoms with Gasteiger partial charge < -0.3 is 10.1 Å². The van der Waals surface area contributed by atoms with Gasteiger partial charge in [-0.1, -0.05) is 23.7 Å². The number of imide groups is 1. The summed E-state index contributed by atoms with van der Waals surface area (Å²) >= 11 is 5.74. The summed E-state index contributed by atoms with van der Waals surface area (Å²) < 4.78 is 30.5. The van der Waals surface area contributed by atoms with E-state index in [1.807, 2.05) is 0 Å². The van der Waals surface area contributed by atoms with Gasteiger partial charge >= 0.3 is 6.03 Å². The molecule has 1 fully saturated rings. The highest BCUT2D eigenvalue weighted by Crippen LogP contribution is 2.24. The molecule has 1 N–H and O–H groups in total. The number of amides is 3. The van der Waals surface area contributed by atoms with Crippen LogP contribution in [0.15, 0.2) is 59.1 Å². The van der Waals surface area contributed by atoms with Crippen LogP contribution in [0.1, 0.15) is 5.56 Å². The predicted molar refractivity (Wildman–Crippen MR) is 95.0 cm³/mol. The first-order valence-electron chi connectivity index (χ1n) is 7.35. The molecule has 0 aromatic heterocycles. The van der Waals surface area contributed by atoms with Crippen molar-refractivity contribution in [2.45, 2.75) is 4.90 Å². The minimum atomic E-state index is -4.34. The molecule has 0 spiro atoms. The number of sulfonamides is 1. The van der Waals surface area contributed by atoms with Crippen molar-refractivity contribution in [2.75, 3.05) is 7.11 Å². The lowest BCUT2D eigenvalue weighted by Gasteiger charge is -2.12. The van der Waals surface area contributed by atoms with Crippen LogP contribution < -0.4 is 10.1 Å². The van der Waals surface area contributed by atoms with Crippen LogP contribution in [-0.4, -0.2) is 31.8 Å². The Balaban J connectivity index is 1.93. The molecule has 9 heteroatoms. The Hall–Kier alpha value is -2.84. The molecule has 0 atom stereocenters. The molecular weight excluding hydrogens is 380 g/mol. The van der Waals surface area contributed by atoms with Crippen molar-refractivity contribution in [3.05, 3.63) is 64.8 Å². The van der Waals surface area contributed by atoms with Crippen molar-refractivity contribution in [3.63, 3.8) is 0 Å². The van der Waals surface area contributed by atoms with Gasteiger partial charge in [-0.2, -0.15) is 0 Å². The second-order valence-electron chi connectivity index (χ2n) is 5.29. The number of methoxy groups -OCH3 is 1. The van der Waals surface area contributed by atoms with Gasteiger partial charge in [-0.3, -0.25) is 4.79 Å². The third-order valence-electron chi connectivity index (χ3n) is 3.62. The molecule has 0 saturated carbocycles. The number of hydrogen-bond donors (Lipinski definition) is 1. The highest BCUT2D eigenvalue weighted by atomic mass is 35.5. The van der Waals surface area contributed by atoms with E-state index >= 15 is 0 Å². The quantitative estimate of drug-likeness (QED) is 0.637. The molecule has 134 valence electrons.